The second-order valence-corrected chi connectivity index (χ2v) is 7.27. The zero-order valence-corrected chi connectivity index (χ0v) is 14.8. The first kappa shape index (κ1) is 17.7. The monoisotopic (exact) mass is 337 g/mol. The number of carbonyl (C=O) groups excluding carboxylic acids is 1. The molecule has 0 spiro atoms. The quantitative estimate of drug-likeness (QED) is 0.726. The van der Waals surface area contributed by atoms with E-state index in [2.05, 4.69) is 6.08 Å². The van der Waals surface area contributed by atoms with E-state index in [1.807, 2.05) is 6.92 Å². The number of ether oxygens (including phenoxy) is 2. The zero-order chi connectivity index (χ0) is 16.9. The van der Waals surface area contributed by atoms with Gasteiger partial charge in [-0.15, -0.1) is 0 Å². The Morgan fingerprint density at radius 2 is 2.08 bits per heavy atom. The highest BCUT2D eigenvalue weighted by molar-refractivity contribution is 5.93. The van der Waals surface area contributed by atoms with Crippen LogP contribution in [0.3, 0.4) is 0 Å². The molecule has 1 aliphatic carbocycles. The molecule has 1 saturated carbocycles. The molecule has 5 nitrogen and oxygen atoms in total. The molecule has 1 amide bonds. The highest BCUT2D eigenvalue weighted by Gasteiger charge is 2.42. The van der Waals surface area contributed by atoms with Crippen LogP contribution in [-0.2, 0) is 14.3 Å². The topological polar surface area (TPSA) is 58.8 Å². The first-order valence-electron chi connectivity index (χ1n) is 9.64. The van der Waals surface area contributed by atoms with Gasteiger partial charge >= 0.3 is 0 Å². The summed E-state index contributed by atoms with van der Waals surface area (Å²) < 4.78 is 11.9. The Balaban J connectivity index is 1.82. The van der Waals surface area contributed by atoms with Crippen LogP contribution in [0.2, 0.25) is 0 Å². The molecule has 3 aliphatic rings. The second kappa shape index (κ2) is 8.34. The second-order valence-electron chi connectivity index (χ2n) is 7.27. The minimum Gasteiger partial charge on any atom is -0.459 e. The number of allylic oxidation sites excluding steroid dienone is 1. The predicted molar refractivity (Wildman–Crippen MR) is 91.0 cm³/mol. The molecule has 5 heteroatoms. The van der Waals surface area contributed by atoms with Crippen molar-refractivity contribution in [1.82, 2.24) is 4.90 Å². The van der Waals surface area contributed by atoms with Crippen molar-refractivity contribution in [2.75, 3.05) is 26.3 Å². The number of hydrogen-bond acceptors (Lipinski definition) is 4. The van der Waals surface area contributed by atoms with Gasteiger partial charge in [0.05, 0.1) is 0 Å². The van der Waals surface area contributed by atoms with Crippen LogP contribution in [0.4, 0.5) is 0 Å². The summed E-state index contributed by atoms with van der Waals surface area (Å²) in [6.07, 6.45) is 9.68. The summed E-state index contributed by atoms with van der Waals surface area (Å²) in [6, 6.07) is 0. The van der Waals surface area contributed by atoms with Crippen LogP contribution >= 0.6 is 0 Å². The molecule has 1 N–H and O–H groups in total. The van der Waals surface area contributed by atoms with E-state index in [1.54, 1.807) is 4.90 Å². The highest BCUT2D eigenvalue weighted by atomic mass is 16.7. The number of hydrogen-bond donors (Lipinski definition) is 1. The Morgan fingerprint density at radius 1 is 1.33 bits per heavy atom. The summed E-state index contributed by atoms with van der Waals surface area (Å²) >= 11 is 0. The molecule has 0 unspecified atom stereocenters. The third kappa shape index (κ3) is 4.12. The summed E-state index contributed by atoms with van der Waals surface area (Å²) in [7, 11) is 0. The summed E-state index contributed by atoms with van der Waals surface area (Å²) in [5, 5.41) is 9.27. The van der Waals surface area contributed by atoms with Gasteiger partial charge in [-0.1, -0.05) is 19.3 Å². The number of amides is 1. The van der Waals surface area contributed by atoms with Gasteiger partial charge in [-0.25, -0.2) is 0 Å². The molecule has 0 radical (unpaired) electrons. The van der Waals surface area contributed by atoms with Gasteiger partial charge in [-0.3, -0.25) is 4.79 Å². The first-order chi connectivity index (χ1) is 11.7. The smallest absolute Gasteiger partial charge is 0.288 e. The largest absolute Gasteiger partial charge is 0.459 e. The zero-order valence-electron chi connectivity index (χ0n) is 14.8. The molecule has 0 aromatic heterocycles. The first-order valence-corrected chi connectivity index (χ1v) is 9.64. The Hall–Kier alpha value is -1.07. The molecule has 3 atom stereocenters. The standard InChI is InChI=1S/C19H31NO4/c1-2-23-19-15(9-6-12-21)16(14-7-4-3-5-8-14)13-17(24-19)18(22)20-10-11-20/h13-16,19,21H,2-12H2,1H3/t15-,16-,19-/m0/s1. The molecular formula is C19H31NO4. The van der Waals surface area contributed by atoms with Crippen molar-refractivity contribution in [1.29, 1.82) is 0 Å². The lowest BCUT2D eigenvalue weighted by atomic mass is 9.71. The van der Waals surface area contributed by atoms with Crippen LogP contribution in [0.25, 0.3) is 0 Å². The normalized spacial score (nSPS) is 30.7. The van der Waals surface area contributed by atoms with Gasteiger partial charge in [0.15, 0.2) is 5.76 Å². The van der Waals surface area contributed by atoms with Crippen LogP contribution in [0.1, 0.15) is 51.9 Å². The molecule has 0 bridgehead atoms. The molecular weight excluding hydrogens is 306 g/mol. The van der Waals surface area contributed by atoms with Crippen molar-refractivity contribution in [3.8, 4) is 0 Å². The number of aliphatic hydroxyl groups is 1. The van der Waals surface area contributed by atoms with Gasteiger partial charge in [-0.05, 0) is 50.5 Å². The van der Waals surface area contributed by atoms with Gasteiger partial charge in [0.1, 0.15) is 0 Å². The third-order valence-corrected chi connectivity index (χ3v) is 5.60. The van der Waals surface area contributed by atoms with Crippen LogP contribution in [0.15, 0.2) is 11.8 Å². The lowest BCUT2D eigenvalue weighted by Gasteiger charge is -2.41. The van der Waals surface area contributed by atoms with E-state index in [-0.39, 0.29) is 24.7 Å². The average molecular weight is 337 g/mol. The third-order valence-electron chi connectivity index (χ3n) is 5.60. The number of nitrogens with zero attached hydrogens (tertiary/aromatic N) is 1. The van der Waals surface area contributed by atoms with Crippen molar-refractivity contribution in [3.05, 3.63) is 11.8 Å². The molecule has 136 valence electrons. The molecule has 0 aromatic rings. The molecule has 0 aromatic carbocycles. The fourth-order valence-electron chi connectivity index (χ4n) is 4.24. The Morgan fingerprint density at radius 3 is 2.71 bits per heavy atom. The van der Waals surface area contributed by atoms with Crippen molar-refractivity contribution < 1.29 is 19.4 Å². The molecule has 3 rings (SSSR count). The van der Waals surface area contributed by atoms with E-state index < -0.39 is 0 Å². The molecule has 1 saturated heterocycles. The summed E-state index contributed by atoms with van der Waals surface area (Å²) in [5.74, 6) is 1.65. The maximum Gasteiger partial charge on any atom is 0.288 e. The van der Waals surface area contributed by atoms with Crippen LogP contribution < -0.4 is 0 Å². The van der Waals surface area contributed by atoms with Gasteiger partial charge < -0.3 is 19.5 Å². The number of rotatable bonds is 7. The van der Waals surface area contributed by atoms with Crippen LogP contribution in [0.5, 0.6) is 0 Å². The summed E-state index contributed by atoms with van der Waals surface area (Å²) in [5.41, 5.74) is 0. The van der Waals surface area contributed by atoms with Crippen molar-refractivity contribution in [2.45, 2.75) is 58.2 Å². The molecule has 2 heterocycles. The fourth-order valence-corrected chi connectivity index (χ4v) is 4.24. The molecule has 2 fully saturated rings. The van der Waals surface area contributed by atoms with E-state index >= 15 is 0 Å². The lowest BCUT2D eigenvalue weighted by Crippen LogP contribution is -2.41. The minimum absolute atomic E-state index is 0.0149. The fraction of sp³-hybridized carbons (Fsp3) is 0.842. The van der Waals surface area contributed by atoms with Crippen molar-refractivity contribution in [3.63, 3.8) is 0 Å². The summed E-state index contributed by atoms with van der Waals surface area (Å²) in [4.78, 5) is 14.3. The van der Waals surface area contributed by atoms with E-state index in [1.165, 1.54) is 32.1 Å². The van der Waals surface area contributed by atoms with Gasteiger partial charge in [0.2, 0.25) is 6.29 Å². The SMILES string of the molecule is CCO[C@H]1OC(C(=O)N2CC2)=C[C@@H](C2CCCCC2)[C@@H]1CCCO. The lowest BCUT2D eigenvalue weighted by molar-refractivity contribution is -0.178. The Labute approximate surface area is 145 Å². The number of carbonyl (C=O) groups is 1. The van der Waals surface area contributed by atoms with Crippen molar-refractivity contribution >= 4 is 5.91 Å². The van der Waals surface area contributed by atoms with E-state index in [9.17, 15) is 9.90 Å². The van der Waals surface area contributed by atoms with E-state index in [0.29, 0.717) is 24.2 Å². The van der Waals surface area contributed by atoms with Crippen LogP contribution in [-0.4, -0.2) is 48.5 Å². The maximum absolute atomic E-state index is 12.5. The van der Waals surface area contributed by atoms with Gasteiger partial charge in [-0.2, -0.15) is 0 Å². The summed E-state index contributed by atoms with van der Waals surface area (Å²) in [6.45, 7) is 4.40. The Kier molecular flexibility index (Phi) is 6.17. The highest BCUT2D eigenvalue weighted by Crippen LogP contribution is 2.42. The van der Waals surface area contributed by atoms with Crippen molar-refractivity contribution in [2.24, 2.45) is 17.8 Å². The average Bonchev–Trinajstić information content (AvgIpc) is 3.45. The van der Waals surface area contributed by atoms with E-state index in [4.69, 9.17) is 9.47 Å². The Bertz CT molecular complexity index is 454. The van der Waals surface area contributed by atoms with E-state index in [0.717, 1.165) is 25.9 Å². The minimum atomic E-state index is -0.364. The molecule has 24 heavy (non-hydrogen) atoms. The van der Waals surface area contributed by atoms with Crippen LogP contribution in [0, 0.1) is 17.8 Å². The maximum atomic E-state index is 12.5. The predicted octanol–water partition coefficient (Wildman–Crippen LogP) is 2.69. The van der Waals surface area contributed by atoms with Gasteiger partial charge in [0, 0.05) is 32.2 Å². The number of aliphatic hydroxyl groups excluding tert-OH is 1. The van der Waals surface area contributed by atoms with Gasteiger partial charge in [0.25, 0.3) is 5.91 Å². The molecule has 2 aliphatic heterocycles.